The lowest BCUT2D eigenvalue weighted by atomic mass is 10.1. The highest BCUT2D eigenvalue weighted by Crippen LogP contribution is 2.32. The zero-order valence-electron chi connectivity index (χ0n) is 16.3. The van der Waals surface area contributed by atoms with Crippen LogP contribution in [0.3, 0.4) is 0 Å². The molecule has 0 radical (unpaired) electrons. The van der Waals surface area contributed by atoms with Crippen LogP contribution in [0.15, 0.2) is 66.0 Å². The number of furan rings is 1. The van der Waals surface area contributed by atoms with E-state index in [1.54, 1.807) is 44.4 Å². The van der Waals surface area contributed by atoms with E-state index in [2.05, 4.69) is 30.1 Å². The summed E-state index contributed by atoms with van der Waals surface area (Å²) in [6.07, 6.45) is 10.2. The molecule has 2 N–H and O–H groups in total. The maximum Gasteiger partial charge on any atom is 0.159 e. The molecule has 6 rings (SSSR count). The van der Waals surface area contributed by atoms with Crippen LogP contribution in [-0.2, 0) is 0 Å². The van der Waals surface area contributed by atoms with Crippen molar-refractivity contribution in [1.82, 2.24) is 35.1 Å². The van der Waals surface area contributed by atoms with Crippen molar-refractivity contribution in [2.45, 2.75) is 0 Å². The van der Waals surface area contributed by atoms with Gasteiger partial charge >= 0.3 is 0 Å². The van der Waals surface area contributed by atoms with Gasteiger partial charge in [-0.3, -0.25) is 20.1 Å². The number of fused-ring (bicyclic) bond motifs is 2. The third kappa shape index (κ3) is 2.83. The Morgan fingerprint density at radius 3 is 2.81 bits per heavy atom. The minimum Gasteiger partial charge on any atom is -0.495 e. The van der Waals surface area contributed by atoms with Crippen LogP contribution in [0.2, 0.25) is 0 Å². The Morgan fingerprint density at radius 1 is 0.968 bits per heavy atom. The van der Waals surface area contributed by atoms with Crippen molar-refractivity contribution in [2.24, 2.45) is 0 Å². The Hall–Kier alpha value is -4.53. The van der Waals surface area contributed by atoms with Crippen molar-refractivity contribution >= 4 is 21.9 Å². The SMILES string of the molecule is COc1cncc(-c2cc3c(-c4nc5c(-c6ccoc6)nccc5[nH]4)n[nH]c3cn2)c1. The first-order valence-corrected chi connectivity index (χ1v) is 9.51. The highest BCUT2D eigenvalue weighted by molar-refractivity contribution is 5.96. The normalized spacial score (nSPS) is 11.4. The standard InChI is InChI=1S/C22H15N7O2/c1-30-14-6-13(8-23-9-14)17-7-15-18(10-25-17)28-29-20(15)22-26-16-2-4-24-19(21(16)27-22)12-3-5-31-11-12/h2-11H,1H3,(H,26,27)(H,28,29). The highest BCUT2D eigenvalue weighted by Gasteiger charge is 2.17. The van der Waals surface area contributed by atoms with Gasteiger partial charge in [0.1, 0.15) is 22.7 Å². The van der Waals surface area contributed by atoms with Crippen LogP contribution in [0.25, 0.3) is 56.0 Å². The summed E-state index contributed by atoms with van der Waals surface area (Å²) in [4.78, 5) is 21.4. The van der Waals surface area contributed by atoms with Crippen LogP contribution in [-0.4, -0.2) is 42.2 Å². The smallest absolute Gasteiger partial charge is 0.159 e. The van der Waals surface area contributed by atoms with Crippen molar-refractivity contribution in [3.8, 4) is 39.8 Å². The van der Waals surface area contributed by atoms with Crippen molar-refractivity contribution in [3.05, 3.63) is 61.6 Å². The highest BCUT2D eigenvalue weighted by atomic mass is 16.5. The van der Waals surface area contributed by atoms with Gasteiger partial charge in [-0.2, -0.15) is 5.10 Å². The number of imidazole rings is 1. The molecule has 0 bridgehead atoms. The molecule has 0 aliphatic carbocycles. The molecule has 31 heavy (non-hydrogen) atoms. The van der Waals surface area contributed by atoms with E-state index in [0.29, 0.717) is 17.3 Å². The first-order valence-electron chi connectivity index (χ1n) is 9.51. The Labute approximate surface area is 175 Å². The summed E-state index contributed by atoms with van der Waals surface area (Å²) in [7, 11) is 1.61. The average molecular weight is 409 g/mol. The van der Waals surface area contributed by atoms with Crippen LogP contribution < -0.4 is 4.74 Å². The number of hydrogen-bond acceptors (Lipinski definition) is 7. The van der Waals surface area contributed by atoms with E-state index in [9.17, 15) is 0 Å². The average Bonchev–Trinajstić information content (AvgIpc) is 3.57. The van der Waals surface area contributed by atoms with Crippen molar-refractivity contribution in [3.63, 3.8) is 0 Å². The van der Waals surface area contributed by atoms with Gasteiger partial charge < -0.3 is 14.1 Å². The van der Waals surface area contributed by atoms with E-state index < -0.39 is 0 Å². The number of hydrogen-bond donors (Lipinski definition) is 2. The van der Waals surface area contributed by atoms with Gasteiger partial charge in [-0.05, 0) is 24.3 Å². The largest absolute Gasteiger partial charge is 0.495 e. The predicted octanol–water partition coefficient (Wildman–Crippen LogP) is 4.23. The van der Waals surface area contributed by atoms with E-state index in [-0.39, 0.29) is 0 Å². The number of pyridine rings is 3. The summed E-state index contributed by atoms with van der Waals surface area (Å²) >= 11 is 0. The molecule has 0 amide bonds. The lowest BCUT2D eigenvalue weighted by Gasteiger charge is -2.03. The molecular weight excluding hydrogens is 394 g/mol. The number of rotatable bonds is 4. The molecule has 0 atom stereocenters. The quantitative estimate of drug-likeness (QED) is 0.447. The lowest BCUT2D eigenvalue weighted by Crippen LogP contribution is -1.89. The lowest BCUT2D eigenvalue weighted by molar-refractivity contribution is 0.413. The fourth-order valence-corrected chi connectivity index (χ4v) is 3.58. The van der Waals surface area contributed by atoms with Crippen LogP contribution in [0, 0.1) is 0 Å². The molecule has 9 nitrogen and oxygen atoms in total. The van der Waals surface area contributed by atoms with Crippen LogP contribution in [0.1, 0.15) is 0 Å². The van der Waals surface area contributed by atoms with Gasteiger partial charge in [-0.15, -0.1) is 0 Å². The Kier molecular flexibility index (Phi) is 3.79. The molecule has 6 aromatic heterocycles. The second kappa shape index (κ2) is 6.77. The third-order valence-corrected chi connectivity index (χ3v) is 5.11. The van der Waals surface area contributed by atoms with E-state index in [4.69, 9.17) is 14.1 Å². The van der Waals surface area contributed by atoms with Crippen molar-refractivity contribution < 1.29 is 9.15 Å². The zero-order chi connectivity index (χ0) is 20.8. The van der Waals surface area contributed by atoms with Crippen molar-refractivity contribution in [1.29, 1.82) is 0 Å². The Balaban J connectivity index is 1.50. The molecule has 0 saturated heterocycles. The van der Waals surface area contributed by atoms with Gasteiger partial charge in [0, 0.05) is 28.9 Å². The second-order valence-electron chi connectivity index (χ2n) is 6.95. The summed E-state index contributed by atoms with van der Waals surface area (Å²) < 4.78 is 10.5. The van der Waals surface area contributed by atoms with E-state index in [1.807, 2.05) is 24.3 Å². The van der Waals surface area contributed by atoms with E-state index >= 15 is 0 Å². The summed E-state index contributed by atoms with van der Waals surface area (Å²) in [5.41, 5.74) is 6.35. The molecule has 0 fully saturated rings. The first kappa shape index (κ1) is 17.3. The van der Waals surface area contributed by atoms with E-state index in [0.717, 1.165) is 44.5 Å². The van der Waals surface area contributed by atoms with Gasteiger partial charge in [0.05, 0.1) is 48.8 Å². The van der Waals surface area contributed by atoms with Crippen LogP contribution >= 0.6 is 0 Å². The molecule has 6 heterocycles. The monoisotopic (exact) mass is 409 g/mol. The summed E-state index contributed by atoms with van der Waals surface area (Å²) in [6.45, 7) is 0. The predicted molar refractivity (Wildman–Crippen MR) is 114 cm³/mol. The molecule has 0 aliphatic heterocycles. The Morgan fingerprint density at radius 2 is 1.94 bits per heavy atom. The number of methoxy groups -OCH3 is 1. The summed E-state index contributed by atoms with van der Waals surface area (Å²) in [5.74, 6) is 1.31. The van der Waals surface area contributed by atoms with Gasteiger partial charge in [-0.1, -0.05) is 0 Å². The fraction of sp³-hybridized carbons (Fsp3) is 0.0455. The second-order valence-corrected chi connectivity index (χ2v) is 6.95. The number of nitrogens with zero attached hydrogens (tertiary/aromatic N) is 5. The summed E-state index contributed by atoms with van der Waals surface area (Å²) in [6, 6.07) is 7.61. The van der Waals surface area contributed by atoms with Crippen LogP contribution in [0.5, 0.6) is 5.75 Å². The number of aromatic amines is 2. The molecule has 0 aliphatic rings. The molecule has 0 spiro atoms. The van der Waals surface area contributed by atoms with Gasteiger partial charge in [0.25, 0.3) is 0 Å². The molecular formula is C22H15N7O2. The zero-order valence-corrected chi connectivity index (χ0v) is 16.3. The number of aromatic nitrogens is 7. The molecule has 6 aromatic rings. The van der Waals surface area contributed by atoms with Gasteiger partial charge in [0.15, 0.2) is 5.82 Å². The van der Waals surface area contributed by atoms with Gasteiger partial charge in [0.2, 0.25) is 0 Å². The fourth-order valence-electron chi connectivity index (χ4n) is 3.58. The Bertz CT molecular complexity index is 1530. The van der Waals surface area contributed by atoms with Crippen molar-refractivity contribution in [2.75, 3.05) is 7.11 Å². The van der Waals surface area contributed by atoms with Crippen LogP contribution in [0.4, 0.5) is 0 Å². The van der Waals surface area contributed by atoms with Gasteiger partial charge in [-0.25, -0.2) is 4.98 Å². The number of ether oxygens (including phenoxy) is 1. The maximum atomic E-state index is 5.28. The minimum absolute atomic E-state index is 0.639. The van der Waals surface area contributed by atoms with E-state index in [1.165, 1.54) is 0 Å². The minimum atomic E-state index is 0.639. The summed E-state index contributed by atoms with van der Waals surface area (Å²) in [5, 5.41) is 8.41. The molecule has 9 heteroatoms. The first-order chi connectivity index (χ1) is 15.3. The molecule has 0 aromatic carbocycles. The molecule has 0 unspecified atom stereocenters. The molecule has 150 valence electrons. The number of H-pyrrole nitrogens is 2. The maximum absolute atomic E-state index is 5.28. The third-order valence-electron chi connectivity index (χ3n) is 5.11. The number of nitrogens with one attached hydrogen (secondary N) is 2. The topological polar surface area (TPSA) is 118 Å². The molecule has 0 saturated carbocycles.